The van der Waals surface area contributed by atoms with Gasteiger partial charge in [0.2, 0.25) is 5.91 Å². The fraction of sp³-hybridized carbons (Fsp3) is 0.208. The molecule has 1 aromatic heterocycles. The fourth-order valence-corrected chi connectivity index (χ4v) is 3.80. The van der Waals surface area contributed by atoms with Crippen molar-refractivity contribution in [1.82, 2.24) is 10.3 Å². The van der Waals surface area contributed by atoms with Crippen molar-refractivity contribution in [3.05, 3.63) is 95.3 Å². The largest absolute Gasteiger partial charge is 0.349 e. The van der Waals surface area contributed by atoms with Crippen molar-refractivity contribution in [2.75, 3.05) is 5.32 Å². The normalized spacial score (nSPS) is 15.8. The number of amides is 2. The predicted molar refractivity (Wildman–Crippen MR) is 116 cm³/mol. The molecule has 2 atom stereocenters. The number of carbonyl (C=O) groups excluding carboxylic acids is 2. The number of nitrogens with zero attached hydrogens (tertiary/aromatic N) is 1. The molecule has 4 rings (SSSR count). The highest BCUT2D eigenvalue weighted by Crippen LogP contribution is 2.31. The molecule has 3 aromatic rings. The van der Waals surface area contributed by atoms with Gasteiger partial charge in [-0.05, 0) is 53.8 Å². The van der Waals surface area contributed by atoms with Crippen LogP contribution < -0.4 is 16.4 Å². The van der Waals surface area contributed by atoms with E-state index in [-0.39, 0.29) is 24.3 Å². The number of aromatic nitrogens is 1. The lowest BCUT2D eigenvalue weighted by Crippen LogP contribution is -2.30. The maximum atomic E-state index is 12.5. The molecule has 2 amide bonds. The number of rotatable bonds is 6. The first kappa shape index (κ1) is 19.8. The molecule has 2 aromatic carbocycles. The van der Waals surface area contributed by atoms with E-state index in [0.29, 0.717) is 11.3 Å². The van der Waals surface area contributed by atoms with Crippen LogP contribution in [0.3, 0.4) is 0 Å². The Bertz CT molecular complexity index is 1030. The van der Waals surface area contributed by atoms with Gasteiger partial charge >= 0.3 is 0 Å². The van der Waals surface area contributed by atoms with Crippen molar-refractivity contribution in [1.29, 1.82) is 0 Å². The molecule has 2 unspecified atom stereocenters. The Kier molecular flexibility index (Phi) is 5.86. The van der Waals surface area contributed by atoms with E-state index in [2.05, 4.69) is 27.8 Å². The highest BCUT2D eigenvalue weighted by atomic mass is 16.2. The molecule has 0 fully saturated rings. The van der Waals surface area contributed by atoms with Gasteiger partial charge in [0.15, 0.2) is 0 Å². The Labute approximate surface area is 175 Å². The predicted octanol–water partition coefficient (Wildman–Crippen LogP) is 3.53. The Balaban J connectivity index is 1.33. The summed E-state index contributed by atoms with van der Waals surface area (Å²) in [5, 5.41) is 5.92. The highest BCUT2D eigenvalue weighted by molar-refractivity contribution is 6.04. The molecule has 0 radical (unpaired) electrons. The summed E-state index contributed by atoms with van der Waals surface area (Å²) in [5.41, 5.74) is 10.8. The van der Waals surface area contributed by atoms with E-state index in [9.17, 15) is 9.59 Å². The SMILES string of the molecule is NC(CC(=O)NC1CCc2ccccc21)c1ccc(C(=O)Nc2ccncc2)cc1. The maximum absolute atomic E-state index is 12.5. The summed E-state index contributed by atoms with van der Waals surface area (Å²) in [6, 6.07) is 18.3. The smallest absolute Gasteiger partial charge is 0.255 e. The summed E-state index contributed by atoms with van der Waals surface area (Å²) < 4.78 is 0. The van der Waals surface area contributed by atoms with Gasteiger partial charge in [-0.2, -0.15) is 0 Å². The maximum Gasteiger partial charge on any atom is 0.255 e. The Morgan fingerprint density at radius 3 is 2.53 bits per heavy atom. The van der Waals surface area contributed by atoms with Crippen LogP contribution in [0.25, 0.3) is 0 Å². The lowest BCUT2D eigenvalue weighted by molar-refractivity contribution is -0.122. The molecule has 1 aliphatic rings. The minimum absolute atomic E-state index is 0.0557. The topological polar surface area (TPSA) is 97.1 Å². The number of aryl methyl sites for hydroxylation is 1. The standard InChI is InChI=1S/C24H24N4O2/c25-21(15-23(29)28-22-10-9-16-3-1-2-4-20(16)22)17-5-7-18(8-6-17)24(30)27-19-11-13-26-14-12-19/h1-8,11-14,21-22H,9-10,15,25H2,(H,28,29)(H,26,27,30). The molecule has 0 saturated carbocycles. The second-order valence-electron chi connectivity index (χ2n) is 7.48. The van der Waals surface area contributed by atoms with Gasteiger partial charge in [0.1, 0.15) is 0 Å². The van der Waals surface area contributed by atoms with Crippen molar-refractivity contribution in [2.24, 2.45) is 5.73 Å². The van der Waals surface area contributed by atoms with Gasteiger partial charge in [0, 0.05) is 36.1 Å². The third kappa shape index (κ3) is 4.55. The number of carbonyl (C=O) groups is 2. The second kappa shape index (κ2) is 8.88. The van der Waals surface area contributed by atoms with E-state index in [1.54, 1.807) is 48.8 Å². The van der Waals surface area contributed by atoms with Crippen molar-refractivity contribution >= 4 is 17.5 Å². The minimum atomic E-state index is -0.432. The monoisotopic (exact) mass is 400 g/mol. The number of hydrogen-bond donors (Lipinski definition) is 3. The van der Waals surface area contributed by atoms with Gasteiger partial charge in [0.05, 0.1) is 6.04 Å². The highest BCUT2D eigenvalue weighted by Gasteiger charge is 2.24. The van der Waals surface area contributed by atoms with Gasteiger partial charge in [-0.1, -0.05) is 36.4 Å². The van der Waals surface area contributed by atoms with Crippen molar-refractivity contribution in [2.45, 2.75) is 31.3 Å². The van der Waals surface area contributed by atoms with Crippen LogP contribution in [-0.4, -0.2) is 16.8 Å². The molecular weight excluding hydrogens is 376 g/mol. The molecule has 0 bridgehead atoms. The van der Waals surface area contributed by atoms with Crippen LogP contribution in [0.1, 0.15) is 52.0 Å². The van der Waals surface area contributed by atoms with Crippen LogP contribution in [0, 0.1) is 0 Å². The molecule has 0 saturated heterocycles. The second-order valence-corrected chi connectivity index (χ2v) is 7.48. The molecule has 1 aliphatic carbocycles. The first-order chi connectivity index (χ1) is 14.6. The third-order valence-corrected chi connectivity index (χ3v) is 5.41. The molecule has 0 aliphatic heterocycles. The van der Waals surface area contributed by atoms with Gasteiger partial charge in [0.25, 0.3) is 5.91 Å². The zero-order chi connectivity index (χ0) is 20.9. The molecule has 152 valence electrons. The van der Waals surface area contributed by atoms with Gasteiger partial charge < -0.3 is 16.4 Å². The summed E-state index contributed by atoms with van der Waals surface area (Å²) in [5.74, 6) is -0.275. The van der Waals surface area contributed by atoms with Crippen molar-refractivity contribution in [3.8, 4) is 0 Å². The minimum Gasteiger partial charge on any atom is -0.349 e. The number of nitrogens with one attached hydrogen (secondary N) is 2. The molecule has 30 heavy (non-hydrogen) atoms. The lowest BCUT2D eigenvalue weighted by atomic mass is 10.0. The van der Waals surface area contributed by atoms with Crippen LogP contribution in [0.2, 0.25) is 0 Å². The summed E-state index contributed by atoms with van der Waals surface area (Å²) in [4.78, 5) is 28.8. The van der Waals surface area contributed by atoms with Crippen molar-refractivity contribution < 1.29 is 9.59 Å². The average Bonchev–Trinajstić information content (AvgIpc) is 3.17. The molecular formula is C24H24N4O2. The summed E-state index contributed by atoms with van der Waals surface area (Å²) in [6.45, 7) is 0. The average molecular weight is 400 g/mol. The lowest BCUT2D eigenvalue weighted by Gasteiger charge is -2.17. The Hall–Kier alpha value is -3.51. The van der Waals surface area contributed by atoms with Crippen LogP contribution in [0.4, 0.5) is 5.69 Å². The van der Waals surface area contributed by atoms with Gasteiger partial charge in [-0.25, -0.2) is 0 Å². The van der Waals surface area contributed by atoms with E-state index < -0.39 is 6.04 Å². The molecule has 4 N–H and O–H groups in total. The fourth-order valence-electron chi connectivity index (χ4n) is 3.80. The van der Waals surface area contributed by atoms with E-state index in [1.807, 2.05) is 12.1 Å². The Morgan fingerprint density at radius 2 is 1.77 bits per heavy atom. The summed E-state index contributed by atoms with van der Waals surface area (Å²) >= 11 is 0. The van der Waals surface area contributed by atoms with Crippen LogP contribution in [-0.2, 0) is 11.2 Å². The molecule has 1 heterocycles. The van der Waals surface area contributed by atoms with Crippen molar-refractivity contribution in [3.63, 3.8) is 0 Å². The number of hydrogen-bond acceptors (Lipinski definition) is 4. The van der Waals surface area contributed by atoms with E-state index in [0.717, 1.165) is 18.4 Å². The number of pyridine rings is 1. The quantitative estimate of drug-likeness (QED) is 0.590. The first-order valence-electron chi connectivity index (χ1n) is 10.0. The Morgan fingerprint density at radius 1 is 1.03 bits per heavy atom. The third-order valence-electron chi connectivity index (χ3n) is 5.41. The van der Waals surface area contributed by atoms with E-state index in [1.165, 1.54) is 11.1 Å². The molecule has 0 spiro atoms. The van der Waals surface area contributed by atoms with E-state index in [4.69, 9.17) is 5.73 Å². The van der Waals surface area contributed by atoms with Crippen LogP contribution >= 0.6 is 0 Å². The number of nitrogens with two attached hydrogens (primary N) is 1. The summed E-state index contributed by atoms with van der Waals surface area (Å²) in [6.07, 6.45) is 5.33. The summed E-state index contributed by atoms with van der Waals surface area (Å²) in [7, 11) is 0. The van der Waals surface area contributed by atoms with Gasteiger partial charge in [-0.3, -0.25) is 14.6 Å². The van der Waals surface area contributed by atoms with E-state index >= 15 is 0 Å². The molecule has 6 nitrogen and oxygen atoms in total. The van der Waals surface area contributed by atoms with Crippen LogP contribution in [0.5, 0.6) is 0 Å². The number of benzene rings is 2. The molecule has 6 heteroatoms. The first-order valence-corrected chi connectivity index (χ1v) is 10.0. The number of anilines is 1. The zero-order valence-corrected chi connectivity index (χ0v) is 16.5. The number of fused-ring (bicyclic) bond motifs is 1. The van der Waals surface area contributed by atoms with Crippen LogP contribution in [0.15, 0.2) is 73.1 Å². The van der Waals surface area contributed by atoms with Gasteiger partial charge in [-0.15, -0.1) is 0 Å². The zero-order valence-electron chi connectivity index (χ0n) is 16.5.